The molecular weight excluding hydrogens is 380 g/mol. The second-order valence-electron chi connectivity index (χ2n) is 7.34. The molecule has 1 aliphatic heterocycles. The fourth-order valence-electron chi connectivity index (χ4n) is 3.77. The summed E-state index contributed by atoms with van der Waals surface area (Å²) in [6.07, 6.45) is 2.70. The van der Waals surface area contributed by atoms with Gasteiger partial charge in [-0.3, -0.25) is 4.79 Å². The van der Waals surface area contributed by atoms with E-state index in [4.69, 9.17) is 19.8 Å². The Morgan fingerprint density at radius 1 is 1.13 bits per heavy atom. The summed E-state index contributed by atoms with van der Waals surface area (Å²) in [5.74, 6) is 1.80. The van der Waals surface area contributed by atoms with Gasteiger partial charge in [-0.25, -0.2) is 9.97 Å². The predicted octanol–water partition coefficient (Wildman–Crippen LogP) is 3.03. The minimum atomic E-state index is -0.353. The van der Waals surface area contributed by atoms with E-state index in [1.807, 2.05) is 48.5 Å². The maximum Gasteiger partial charge on any atom is 0.242 e. The van der Waals surface area contributed by atoms with Gasteiger partial charge in [0.2, 0.25) is 11.9 Å². The summed E-state index contributed by atoms with van der Waals surface area (Å²) in [6, 6.07) is 15.1. The number of carbonyl (C=O) groups is 1. The summed E-state index contributed by atoms with van der Waals surface area (Å²) in [5, 5.41) is 11.9. The molecule has 2 N–H and O–H groups in total. The molecule has 152 valence electrons. The summed E-state index contributed by atoms with van der Waals surface area (Å²) >= 11 is 0. The number of amides is 1. The van der Waals surface area contributed by atoms with Gasteiger partial charge in [0.25, 0.3) is 0 Å². The molecule has 0 bridgehead atoms. The fourth-order valence-corrected chi connectivity index (χ4v) is 3.77. The number of nitrogens with one attached hydrogen (secondary N) is 2. The Morgan fingerprint density at radius 3 is 2.93 bits per heavy atom. The van der Waals surface area contributed by atoms with Crippen LogP contribution >= 0.6 is 0 Å². The van der Waals surface area contributed by atoms with Crippen LogP contribution in [0.2, 0.25) is 0 Å². The largest absolute Gasteiger partial charge is 0.497 e. The van der Waals surface area contributed by atoms with E-state index in [0.29, 0.717) is 24.0 Å². The molecule has 0 aliphatic carbocycles. The Morgan fingerprint density at radius 2 is 2.03 bits per heavy atom. The van der Waals surface area contributed by atoms with Crippen LogP contribution in [0, 0.1) is 0 Å². The van der Waals surface area contributed by atoms with Crippen LogP contribution in [0.25, 0.3) is 27.9 Å². The molecule has 0 saturated carbocycles. The lowest BCUT2D eigenvalue weighted by Crippen LogP contribution is -2.38. The number of carbonyl (C=O) groups excluding carboxylic acids is 1. The van der Waals surface area contributed by atoms with Gasteiger partial charge in [-0.2, -0.15) is 4.52 Å². The smallest absolute Gasteiger partial charge is 0.242 e. The maximum absolute atomic E-state index is 12.5. The van der Waals surface area contributed by atoms with Crippen molar-refractivity contribution in [3.05, 3.63) is 48.5 Å². The van der Waals surface area contributed by atoms with Crippen molar-refractivity contribution >= 4 is 28.4 Å². The molecule has 5 rings (SSSR count). The van der Waals surface area contributed by atoms with Gasteiger partial charge in [-0.1, -0.05) is 24.3 Å². The zero-order valence-electron chi connectivity index (χ0n) is 16.6. The molecule has 2 aromatic heterocycles. The maximum atomic E-state index is 12.5. The molecule has 2 aromatic carbocycles. The summed E-state index contributed by atoms with van der Waals surface area (Å²) in [4.78, 5) is 22.0. The number of ether oxygens (including phenoxy) is 1. The van der Waals surface area contributed by atoms with E-state index in [-0.39, 0.29) is 11.9 Å². The average Bonchev–Trinajstić information content (AvgIpc) is 3.14. The molecule has 8 nitrogen and oxygen atoms in total. The highest BCUT2D eigenvalue weighted by Gasteiger charge is 2.23. The van der Waals surface area contributed by atoms with Crippen LogP contribution in [-0.2, 0) is 4.79 Å². The molecule has 0 spiro atoms. The van der Waals surface area contributed by atoms with E-state index < -0.39 is 0 Å². The van der Waals surface area contributed by atoms with E-state index in [0.717, 1.165) is 41.5 Å². The zero-order valence-corrected chi connectivity index (χ0v) is 16.6. The van der Waals surface area contributed by atoms with Crippen LogP contribution < -0.4 is 15.4 Å². The number of nitrogens with zero attached hydrogens (tertiary/aromatic N) is 4. The first kappa shape index (κ1) is 18.4. The number of hydrogen-bond donors (Lipinski definition) is 2. The molecule has 1 amide bonds. The van der Waals surface area contributed by atoms with Gasteiger partial charge in [0, 0.05) is 17.5 Å². The second kappa shape index (κ2) is 7.62. The highest BCUT2D eigenvalue weighted by Crippen LogP contribution is 2.26. The third-order valence-electron chi connectivity index (χ3n) is 5.35. The Bertz CT molecular complexity index is 1230. The van der Waals surface area contributed by atoms with Crippen molar-refractivity contribution in [3.8, 4) is 17.1 Å². The quantitative estimate of drug-likeness (QED) is 0.545. The summed E-state index contributed by atoms with van der Waals surface area (Å²) in [6.45, 7) is 0.709. The van der Waals surface area contributed by atoms with E-state index in [2.05, 4.69) is 10.6 Å². The van der Waals surface area contributed by atoms with Gasteiger partial charge in [-0.15, -0.1) is 5.10 Å². The molecular formula is C22H22N6O2. The molecule has 1 fully saturated rings. The summed E-state index contributed by atoms with van der Waals surface area (Å²) < 4.78 is 7.03. The lowest BCUT2D eigenvalue weighted by molar-refractivity contribution is -0.121. The minimum Gasteiger partial charge on any atom is -0.497 e. The van der Waals surface area contributed by atoms with Crippen molar-refractivity contribution in [1.29, 1.82) is 0 Å². The molecule has 3 heterocycles. The second-order valence-corrected chi connectivity index (χ2v) is 7.34. The van der Waals surface area contributed by atoms with Crippen molar-refractivity contribution in [3.63, 3.8) is 0 Å². The zero-order chi connectivity index (χ0) is 20.5. The molecule has 1 atom stereocenters. The van der Waals surface area contributed by atoms with Gasteiger partial charge < -0.3 is 15.4 Å². The van der Waals surface area contributed by atoms with Gasteiger partial charge >= 0.3 is 0 Å². The lowest BCUT2D eigenvalue weighted by atomic mass is 10.1. The Labute approximate surface area is 173 Å². The first-order chi connectivity index (χ1) is 14.7. The number of rotatable bonds is 4. The monoisotopic (exact) mass is 402 g/mol. The minimum absolute atomic E-state index is 0.0104. The van der Waals surface area contributed by atoms with E-state index >= 15 is 0 Å². The number of benzene rings is 2. The third-order valence-corrected chi connectivity index (χ3v) is 5.35. The average molecular weight is 402 g/mol. The van der Waals surface area contributed by atoms with Crippen LogP contribution in [0.1, 0.15) is 19.3 Å². The van der Waals surface area contributed by atoms with Crippen molar-refractivity contribution < 1.29 is 9.53 Å². The lowest BCUT2D eigenvalue weighted by Gasteiger charge is -2.16. The molecule has 0 radical (unpaired) electrons. The number of aromatic nitrogens is 4. The highest BCUT2D eigenvalue weighted by molar-refractivity contribution is 5.93. The fraction of sp³-hybridized carbons (Fsp3) is 0.273. The van der Waals surface area contributed by atoms with Gasteiger partial charge in [-0.05, 0) is 43.5 Å². The molecule has 0 unspecified atom stereocenters. The van der Waals surface area contributed by atoms with Crippen LogP contribution in [-0.4, -0.2) is 45.2 Å². The van der Waals surface area contributed by atoms with E-state index in [1.165, 1.54) is 0 Å². The molecule has 4 aromatic rings. The van der Waals surface area contributed by atoms with Crippen molar-refractivity contribution in [1.82, 2.24) is 24.9 Å². The van der Waals surface area contributed by atoms with Gasteiger partial charge in [0.15, 0.2) is 11.5 Å². The van der Waals surface area contributed by atoms with Crippen LogP contribution in [0.4, 0.5) is 5.95 Å². The standard InChI is InChI=1S/C22H22N6O2/c1-30-15-8-6-7-14(13-15)19-26-20-16-9-2-3-10-17(16)24-22(28(20)27-19)25-18-11-4-5-12-23-21(18)29/h2-3,6-10,13,18H,4-5,11-12H2,1H3,(H,23,29)(H,24,25)/t18-/m1/s1. The van der Waals surface area contributed by atoms with Crippen molar-refractivity contribution in [2.24, 2.45) is 0 Å². The predicted molar refractivity (Wildman–Crippen MR) is 115 cm³/mol. The van der Waals surface area contributed by atoms with Crippen LogP contribution in [0.3, 0.4) is 0 Å². The van der Waals surface area contributed by atoms with E-state index in [9.17, 15) is 4.79 Å². The van der Waals surface area contributed by atoms with Crippen LogP contribution in [0.5, 0.6) is 5.75 Å². The van der Waals surface area contributed by atoms with Crippen molar-refractivity contribution in [2.75, 3.05) is 19.0 Å². The van der Waals surface area contributed by atoms with Gasteiger partial charge in [0.05, 0.1) is 12.6 Å². The Kier molecular flexibility index (Phi) is 4.66. The Hall–Kier alpha value is -3.68. The highest BCUT2D eigenvalue weighted by atomic mass is 16.5. The van der Waals surface area contributed by atoms with Crippen molar-refractivity contribution in [2.45, 2.75) is 25.3 Å². The topological polar surface area (TPSA) is 93.4 Å². The van der Waals surface area contributed by atoms with Gasteiger partial charge in [0.1, 0.15) is 11.8 Å². The molecule has 1 saturated heterocycles. The number of anilines is 1. The summed E-state index contributed by atoms with van der Waals surface area (Å²) in [7, 11) is 1.63. The van der Waals surface area contributed by atoms with E-state index in [1.54, 1.807) is 11.6 Å². The SMILES string of the molecule is COc1cccc(-c2nc3c4ccccc4nc(N[C@@H]4CCCCNC4=O)n3n2)c1. The molecule has 1 aliphatic rings. The normalized spacial score (nSPS) is 17.0. The first-order valence-corrected chi connectivity index (χ1v) is 10.1. The summed E-state index contributed by atoms with van der Waals surface area (Å²) in [5.41, 5.74) is 2.33. The third kappa shape index (κ3) is 3.30. The molecule has 8 heteroatoms. The Balaban J connectivity index is 1.65. The first-order valence-electron chi connectivity index (χ1n) is 10.1. The molecule has 30 heavy (non-hydrogen) atoms. The number of fused-ring (bicyclic) bond motifs is 3. The number of hydrogen-bond acceptors (Lipinski definition) is 6. The number of para-hydroxylation sites is 1. The van der Waals surface area contributed by atoms with Crippen LogP contribution in [0.15, 0.2) is 48.5 Å². The number of methoxy groups -OCH3 is 1.